The van der Waals surface area contributed by atoms with E-state index in [4.69, 9.17) is 14.2 Å². The van der Waals surface area contributed by atoms with Crippen LogP contribution < -0.4 is 19.8 Å². The number of rotatable bonds is 5. The molecule has 1 atom stereocenters. The van der Waals surface area contributed by atoms with E-state index in [1.54, 1.807) is 13.2 Å². The summed E-state index contributed by atoms with van der Waals surface area (Å²) in [4.78, 5) is 15.6. The van der Waals surface area contributed by atoms with Crippen LogP contribution in [-0.2, 0) is 18.4 Å². The van der Waals surface area contributed by atoms with Crippen molar-refractivity contribution in [1.82, 2.24) is 9.55 Å². The lowest BCUT2D eigenvalue weighted by Gasteiger charge is -2.22. The Labute approximate surface area is 153 Å². The number of hydrogen-bond acceptors (Lipinski definition) is 5. The highest BCUT2D eigenvalue weighted by Crippen LogP contribution is 2.34. The van der Waals surface area contributed by atoms with Gasteiger partial charge in [0.2, 0.25) is 0 Å². The van der Waals surface area contributed by atoms with Crippen molar-refractivity contribution in [2.75, 3.05) is 13.7 Å². The topological polar surface area (TPSA) is 62.6 Å². The van der Waals surface area contributed by atoms with Crippen molar-refractivity contribution >= 4 is 0 Å². The van der Waals surface area contributed by atoms with Gasteiger partial charge >= 0.3 is 0 Å². The van der Waals surface area contributed by atoms with Gasteiger partial charge < -0.3 is 14.2 Å². The smallest absolute Gasteiger partial charge is 0.300 e. The maximum atomic E-state index is 11.6. The highest BCUT2D eigenvalue weighted by Gasteiger charge is 2.26. The molecule has 0 saturated carbocycles. The van der Waals surface area contributed by atoms with Gasteiger partial charge in [-0.1, -0.05) is 33.8 Å². The van der Waals surface area contributed by atoms with Crippen molar-refractivity contribution < 1.29 is 14.2 Å². The van der Waals surface area contributed by atoms with E-state index >= 15 is 0 Å². The average molecular weight is 358 g/mol. The second kappa shape index (κ2) is 7.02. The van der Waals surface area contributed by atoms with E-state index in [-0.39, 0.29) is 17.1 Å². The molecule has 2 heterocycles. The molecule has 1 unspecified atom stereocenters. The van der Waals surface area contributed by atoms with E-state index in [1.807, 2.05) is 29.7 Å². The molecule has 0 amide bonds. The summed E-state index contributed by atoms with van der Waals surface area (Å²) in [6.07, 6.45) is 0.579. The molecule has 2 aromatic rings. The van der Waals surface area contributed by atoms with Gasteiger partial charge in [-0.05, 0) is 23.5 Å². The second-order valence-electron chi connectivity index (χ2n) is 7.50. The third-order valence-electron chi connectivity index (χ3n) is 4.51. The molecule has 3 rings (SSSR count). The van der Waals surface area contributed by atoms with Crippen molar-refractivity contribution in [3.05, 3.63) is 45.9 Å². The number of ether oxygens (including phenoxy) is 3. The Morgan fingerprint density at radius 2 is 2.08 bits per heavy atom. The Kier molecular flexibility index (Phi) is 4.94. The molecule has 140 valence electrons. The number of benzene rings is 1. The molecule has 6 nitrogen and oxygen atoms in total. The van der Waals surface area contributed by atoms with Gasteiger partial charge in [0.05, 0.1) is 13.7 Å². The number of fused-ring (bicyclic) bond motifs is 1. The predicted molar refractivity (Wildman–Crippen MR) is 99.5 cm³/mol. The Morgan fingerprint density at radius 3 is 2.73 bits per heavy atom. The van der Waals surface area contributed by atoms with E-state index in [1.165, 1.54) is 0 Å². The summed E-state index contributed by atoms with van der Waals surface area (Å²) in [7, 11) is 1.67. The minimum absolute atomic E-state index is 0.00498. The van der Waals surface area contributed by atoms with E-state index < -0.39 is 0 Å². The van der Waals surface area contributed by atoms with Gasteiger partial charge in [-0.3, -0.25) is 9.36 Å². The standard InChI is InChI=1S/C20H26N2O4/c1-6-13-9-18(23)21-19-22(13)11-15(26-19)12-25-14-7-8-16(20(2,3)4)17(10-14)24-5/h7-10,15H,6,11-12H2,1-5H3. The SMILES string of the molecule is CCc1cc(=O)nc2n1CC(COc1ccc(C(C)(C)C)c(OC)c1)O2. The van der Waals surface area contributed by atoms with Crippen LogP contribution in [0.15, 0.2) is 29.1 Å². The fourth-order valence-corrected chi connectivity index (χ4v) is 3.16. The van der Waals surface area contributed by atoms with Gasteiger partial charge in [-0.2, -0.15) is 4.98 Å². The predicted octanol–water partition coefficient (Wildman–Crippen LogP) is 2.95. The molecule has 0 saturated heterocycles. The number of aryl methyl sites for hydroxylation is 1. The quantitative estimate of drug-likeness (QED) is 0.822. The molecule has 0 radical (unpaired) electrons. The normalized spacial score (nSPS) is 16.1. The maximum Gasteiger partial charge on any atom is 0.300 e. The van der Waals surface area contributed by atoms with Crippen LogP contribution in [0.3, 0.4) is 0 Å². The summed E-state index contributed by atoms with van der Waals surface area (Å²) >= 11 is 0. The lowest BCUT2D eigenvalue weighted by molar-refractivity contribution is 0.143. The molecule has 0 N–H and O–H groups in total. The third-order valence-corrected chi connectivity index (χ3v) is 4.51. The first kappa shape index (κ1) is 18.3. The summed E-state index contributed by atoms with van der Waals surface area (Å²) in [5.41, 5.74) is 1.79. The van der Waals surface area contributed by atoms with Crippen LogP contribution in [0.5, 0.6) is 17.5 Å². The average Bonchev–Trinajstić information content (AvgIpc) is 3.00. The van der Waals surface area contributed by atoms with Crippen molar-refractivity contribution in [3.63, 3.8) is 0 Å². The lowest BCUT2D eigenvalue weighted by Crippen LogP contribution is -2.23. The van der Waals surface area contributed by atoms with Crippen molar-refractivity contribution in [2.24, 2.45) is 0 Å². The second-order valence-corrected chi connectivity index (χ2v) is 7.50. The van der Waals surface area contributed by atoms with Crippen molar-refractivity contribution in [1.29, 1.82) is 0 Å². The molecule has 26 heavy (non-hydrogen) atoms. The first-order chi connectivity index (χ1) is 12.3. The molecule has 1 aliphatic rings. The Hall–Kier alpha value is -2.50. The molecular weight excluding hydrogens is 332 g/mol. The van der Waals surface area contributed by atoms with E-state index in [0.29, 0.717) is 19.2 Å². The monoisotopic (exact) mass is 358 g/mol. The lowest BCUT2D eigenvalue weighted by atomic mass is 9.86. The highest BCUT2D eigenvalue weighted by molar-refractivity contribution is 5.44. The summed E-state index contributed by atoms with van der Waals surface area (Å²) in [5, 5.41) is 0. The van der Waals surface area contributed by atoms with Crippen molar-refractivity contribution in [2.45, 2.75) is 52.2 Å². The van der Waals surface area contributed by atoms with Gasteiger partial charge in [0.25, 0.3) is 11.6 Å². The number of methoxy groups -OCH3 is 1. The van der Waals surface area contributed by atoms with Gasteiger partial charge in [-0.15, -0.1) is 0 Å². The number of nitrogens with zero attached hydrogens (tertiary/aromatic N) is 2. The molecular formula is C20H26N2O4. The van der Waals surface area contributed by atoms with Crippen LogP contribution in [0.2, 0.25) is 0 Å². The first-order valence-corrected chi connectivity index (χ1v) is 8.90. The number of aromatic nitrogens is 2. The van der Waals surface area contributed by atoms with Crippen LogP contribution >= 0.6 is 0 Å². The molecule has 1 aromatic carbocycles. The van der Waals surface area contributed by atoms with Gasteiger partial charge in [0.1, 0.15) is 18.1 Å². The molecule has 0 bridgehead atoms. The Morgan fingerprint density at radius 1 is 1.31 bits per heavy atom. The molecule has 0 aliphatic carbocycles. The van der Waals surface area contributed by atoms with Crippen LogP contribution in [0, 0.1) is 0 Å². The van der Waals surface area contributed by atoms with E-state index in [2.05, 4.69) is 25.8 Å². The van der Waals surface area contributed by atoms with Crippen LogP contribution in [-0.4, -0.2) is 29.4 Å². The minimum Gasteiger partial charge on any atom is -0.496 e. The molecule has 6 heteroatoms. The van der Waals surface area contributed by atoms with Crippen LogP contribution in [0.1, 0.15) is 39.0 Å². The fourth-order valence-electron chi connectivity index (χ4n) is 3.16. The molecule has 0 fully saturated rings. The maximum absolute atomic E-state index is 11.6. The fraction of sp³-hybridized carbons (Fsp3) is 0.500. The zero-order valence-corrected chi connectivity index (χ0v) is 16.0. The zero-order chi connectivity index (χ0) is 18.9. The summed E-state index contributed by atoms with van der Waals surface area (Å²) in [5.74, 6) is 1.54. The first-order valence-electron chi connectivity index (χ1n) is 8.90. The van der Waals surface area contributed by atoms with Crippen LogP contribution in [0.25, 0.3) is 0 Å². The number of hydrogen-bond donors (Lipinski definition) is 0. The zero-order valence-electron chi connectivity index (χ0n) is 16.0. The van der Waals surface area contributed by atoms with E-state index in [9.17, 15) is 4.79 Å². The van der Waals surface area contributed by atoms with Crippen molar-refractivity contribution in [3.8, 4) is 17.5 Å². The van der Waals surface area contributed by atoms with Gasteiger partial charge in [-0.25, -0.2) is 0 Å². The molecule has 1 aliphatic heterocycles. The molecule has 1 aromatic heterocycles. The van der Waals surface area contributed by atoms with Crippen LogP contribution in [0.4, 0.5) is 0 Å². The largest absolute Gasteiger partial charge is 0.496 e. The van der Waals surface area contributed by atoms with E-state index in [0.717, 1.165) is 29.2 Å². The van der Waals surface area contributed by atoms with Gasteiger partial charge in [0.15, 0.2) is 6.10 Å². The summed E-state index contributed by atoms with van der Waals surface area (Å²) < 4.78 is 19.2. The Balaban J connectivity index is 1.70. The highest BCUT2D eigenvalue weighted by atomic mass is 16.6. The summed E-state index contributed by atoms with van der Waals surface area (Å²) in [6, 6.07) is 7.83. The summed E-state index contributed by atoms with van der Waals surface area (Å²) in [6.45, 7) is 9.45. The Bertz CT molecular complexity index is 852. The molecule has 0 spiro atoms. The third kappa shape index (κ3) is 3.69. The van der Waals surface area contributed by atoms with Gasteiger partial charge in [0, 0.05) is 17.8 Å². The minimum atomic E-state index is -0.267.